The molecule has 0 atom stereocenters. The average Bonchev–Trinajstić information content (AvgIpc) is 2.70. The van der Waals surface area contributed by atoms with Crippen molar-refractivity contribution in [1.82, 2.24) is 0 Å². The van der Waals surface area contributed by atoms with Gasteiger partial charge in [0, 0.05) is 23.9 Å². The van der Waals surface area contributed by atoms with Crippen molar-refractivity contribution in [3.05, 3.63) is 59.1 Å². The number of carbonyl (C=O) groups excluding carboxylic acids is 2. The molecule has 1 heterocycles. The first-order valence-electron chi connectivity index (χ1n) is 8.55. The van der Waals surface area contributed by atoms with E-state index in [2.05, 4.69) is 10.1 Å². The lowest BCUT2D eigenvalue weighted by molar-refractivity contribution is -0.145. The van der Waals surface area contributed by atoms with E-state index in [4.69, 9.17) is 21.1 Å². The summed E-state index contributed by atoms with van der Waals surface area (Å²) in [6.45, 7) is 0.972. The van der Waals surface area contributed by atoms with Gasteiger partial charge in [-0.25, -0.2) is 4.79 Å². The number of hydrogen-bond donors (Lipinski definition) is 1. The lowest BCUT2D eigenvalue weighted by atomic mass is 9.74. The molecule has 1 fully saturated rings. The highest BCUT2D eigenvalue weighted by Gasteiger charge is 2.43. The first-order chi connectivity index (χ1) is 13.0. The fraction of sp³-hybridized carbons (Fsp3) is 0.300. The van der Waals surface area contributed by atoms with Crippen LogP contribution in [0, 0.1) is 0 Å². The minimum absolute atomic E-state index is 0.332. The molecular formula is C20H20ClNO5. The molecule has 0 radical (unpaired) electrons. The summed E-state index contributed by atoms with van der Waals surface area (Å²) in [6, 6.07) is 13.8. The Morgan fingerprint density at radius 2 is 1.67 bits per heavy atom. The molecule has 2 aromatic carbocycles. The van der Waals surface area contributed by atoms with Gasteiger partial charge in [-0.3, -0.25) is 10.1 Å². The minimum atomic E-state index is -0.772. The molecule has 27 heavy (non-hydrogen) atoms. The number of halogens is 1. The number of nitrogens with one attached hydrogen (secondary N) is 1. The molecule has 1 aliphatic heterocycles. The first kappa shape index (κ1) is 19.2. The summed E-state index contributed by atoms with van der Waals surface area (Å²) in [5, 5.41) is 3.16. The van der Waals surface area contributed by atoms with Crippen LogP contribution in [0.4, 0.5) is 10.5 Å². The maximum Gasteiger partial charge on any atom is 0.411 e. The van der Waals surface area contributed by atoms with Crippen molar-refractivity contribution >= 4 is 29.4 Å². The van der Waals surface area contributed by atoms with Crippen molar-refractivity contribution in [2.45, 2.75) is 18.3 Å². The van der Waals surface area contributed by atoms with Gasteiger partial charge in [-0.1, -0.05) is 23.7 Å². The Balaban J connectivity index is 1.79. The van der Waals surface area contributed by atoms with Crippen LogP contribution in [0.25, 0.3) is 0 Å². The number of carbonyl (C=O) groups is 2. The van der Waals surface area contributed by atoms with E-state index in [1.165, 1.54) is 7.11 Å². The molecule has 2 aromatic rings. The van der Waals surface area contributed by atoms with Crippen LogP contribution in [0.15, 0.2) is 48.5 Å². The van der Waals surface area contributed by atoms with Crippen LogP contribution in [-0.2, 0) is 19.7 Å². The molecule has 3 rings (SSSR count). The predicted molar refractivity (Wildman–Crippen MR) is 101 cm³/mol. The monoisotopic (exact) mass is 389 g/mol. The molecule has 1 saturated heterocycles. The van der Waals surface area contributed by atoms with Crippen LogP contribution in [0.2, 0.25) is 5.02 Å². The fourth-order valence-electron chi connectivity index (χ4n) is 3.08. The van der Waals surface area contributed by atoms with Gasteiger partial charge in [-0.2, -0.15) is 0 Å². The van der Waals surface area contributed by atoms with Crippen LogP contribution in [0.5, 0.6) is 5.75 Å². The number of esters is 1. The summed E-state index contributed by atoms with van der Waals surface area (Å²) in [4.78, 5) is 24.3. The van der Waals surface area contributed by atoms with Crippen molar-refractivity contribution in [3.63, 3.8) is 0 Å². The molecule has 1 amide bonds. The van der Waals surface area contributed by atoms with Gasteiger partial charge >= 0.3 is 12.1 Å². The van der Waals surface area contributed by atoms with E-state index >= 15 is 0 Å². The molecule has 7 heteroatoms. The molecule has 0 saturated carbocycles. The maximum atomic E-state index is 13.1. The van der Waals surface area contributed by atoms with Gasteiger partial charge in [0.1, 0.15) is 5.75 Å². The lowest BCUT2D eigenvalue weighted by Gasteiger charge is -2.35. The van der Waals surface area contributed by atoms with E-state index in [1.807, 2.05) is 12.1 Å². The van der Waals surface area contributed by atoms with Gasteiger partial charge in [0.25, 0.3) is 0 Å². The summed E-state index contributed by atoms with van der Waals surface area (Å²) < 4.78 is 15.6. The van der Waals surface area contributed by atoms with Crippen LogP contribution in [0.3, 0.4) is 0 Å². The number of methoxy groups -OCH3 is 1. The van der Waals surface area contributed by atoms with Crippen LogP contribution in [0.1, 0.15) is 18.4 Å². The Labute approximate surface area is 162 Å². The van der Waals surface area contributed by atoms with Gasteiger partial charge in [-0.05, 0) is 54.8 Å². The second kappa shape index (κ2) is 8.41. The van der Waals surface area contributed by atoms with Crippen molar-refractivity contribution < 1.29 is 23.8 Å². The molecule has 0 unspecified atom stereocenters. The molecule has 1 N–H and O–H groups in total. The maximum absolute atomic E-state index is 13.1. The van der Waals surface area contributed by atoms with Crippen LogP contribution in [-0.4, -0.2) is 32.4 Å². The van der Waals surface area contributed by atoms with Crippen LogP contribution < -0.4 is 10.1 Å². The molecule has 1 aliphatic rings. The largest absolute Gasteiger partial charge is 0.453 e. The number of amides is 1. The highest BCUT2D eigenvalue weighted by atomic mass is 35.5. The zero-order chi connectivity index (χ0) is 19.3. The van der Waals surface area contributed by atoms with E-state index in [-0.39, 0.29) is 5.97 Å². The molecule has 0 spiro atoms. The average molecular weight is 390 g/mol. The van der Waals surface area contributed by atoms with E-state index in [0.29, 0.717) is 42.5 Å². The highest BCUT2D eigenvalue weighted by molar-refractivity contribution is 6.30. The van der Waals surface area contributed by atoms with E-state index in [0.717, 1.165) is 5.56 Å². The lowest BCUT2D eigenvalue weighted by Crippen LogP contribution is -2.44. The molecule has 0 aromatic heterocycles. The number of benzene rings is 2. The Morgan fingerprint density at radius 1 is 1.04 bits per heavy atom. The second-order valence-corrected chi connectivity index (χ2v) is 6.67. The Bertz CT molecular complexity index is 798. The van der Waals surface area contributed by atoms with Crippen molar-refractivity contribution in [3.8, 4) is 5.75 Å². The Kier molecular flexibility index (Phi) is 5.98. The zero-order valence-electron chi connectivity index (χ0n) is 14.9. The topological polar surface area (TPSA) is 73.9 Å². The number of hydrogen-bond acceptors (Lipinski definition) is 5. The predicted octanol–water partition coefficient (Wildman–Crippen LogP) is 4.17. The quantitative estimate of drug-likeness (QED) is 0.627. The fourth-order valence-corrected chi connectivity index (χ4v) is 3.21. The molecule has 6 nitrogen and oxygen atoms in total. The second-order valence-electron chi connectivity index (χ2n) is 6.23. The van der Waals surface area contributed by atoms with Gasteiger partial charge in [0.05, 0.1) is 12.5 Å². The summed E-state index contributed by atoms with van der Waals surface area (Å²) >= 11 is 5.99. The highest BCUT2D eigenvalue weighted by Crippen LogP contribution is 2.37. The van der Waals surface area contributed by atoms with Gasteiger partial charge in [0.2, 0.25) is 0 Å². The summed E-state index contributed by atoms with van der Waals surface area (Å²) in [7, 11) is 1.29. The smallest absolute Gasteiger partial charge is 0.411 e. The Hall–Kier alpha value is -2.57. The van der Waals surface area contributed by atoms with E-state index in [9.17, 15) is 9.59 Å². The standard InChI is InChI=1S/C20H20ClNO5/c1-25-19(24)22-16-6-8-17(9-7-16)27-18(23)20(10-12-26-13-11-20)14-2-4-15(21)5-3-14/h2-9H,10-13H2,1H3,(H,22,24). The molecule has 142 valence electrons. The normalized spacial score (nSPS) is 15.6. The first-order valence-corrected chi connectivity index (χ1v) is 8.92. The Morgan fingerprint density at radius 3 is 2.26 bits per heavy atom. The van der Waals surface area contributed by atoms with Gasteiger partial charge in [0.15, 0.2) is 0 Å². The summed E-state index contributed by atoms with van der Waals surface area (Å²) in [5.74, 6) is 0.0667. The third-order valence-corrected chi connectivity index (χ3v) is 4.88. The zero-order valence-corrected chi connectivity index (χ0v) is 15.6. The third-order valence-electron chi connectivity index (χ3n) is 4.63. The van der Waals surface area contributed by atoms with Crippen molar-refractivity contribution in [1.29, 1.82) is 0 Å². The molecule has 0 bridgehead atoms. The van der Waals surface area contributed by atoms with E-state index in [1.54, 1.807) is 36.4 Å². The molecular weight excluding hydrogens is 370 g/mol. The molecule has 0 aliphatic carbocycles. The third kappa shape index (κ3) is 4.40. The minimum Gasteiger partial charge on any atom is -0.453 e. The van der Waals surface area contributed by atoms with Crippen molar-refractivity contribution in [2.24, 2.45) is 0 Å². The summed E-state index contributed by atoms with van der Waals surface area (Å²) in [5.41, 5.74) is 0.635. The van der Waals surface area contributed by atoms with Crippen molar-refractivity contribution in [2.75, 3.05) is 25.6 Å². The van der Waals surface area contributed by atoms with E-state index < -0.39 is 11.5 Å². The summed E-state index contributed by atoms with van der Waals surface area (Å²) in [6.07, 6.45) is 0.508. The number of rotatable bonds is 4. The number of ether oxygens (including phenoxy) is 3. The number of anilines is 1. The van der Waals surface area contributed by atoms with Gasteiger partial charge in [-0.15, -0.1) is 0 Å². The SMILES string of the molecule is COC(=O)Nc1ccc(OC(=O)C2(c3ccc(Cl)cc3)CCOCC2)cc1. The van der Waals surface area contributed by atoms with Crippen LogP contribution >= 0.6 is 11.6 Å². The van der Waals surface area contributed by atoms with Gasteiger partial charge < -0.3 is 14.2 Å².